The molecule has 0 unspecified atom stereocenters. The quantitative estimate of drug-likeness (QED) is 0.454. The SMILES string of the molecule is CON(CC#N)C1CCCC1. The molecule has 0 radical (unpaired) electrons. The van der Waals surface area contributed by atoms with Crippen molar-refractivity contribution in [2.45, 2.75) is 31.7 Å². The molecule has 3 heteroatoms. The molecular weight excluding hydrogens is 140 g/mol. The molecule has 1 fully saturated rings. The fraction of sp³-hybridized carbons (Fsp3) is 0.875. The Morgan fingerprint density at radius 1 is 1.55 bits per heavy atom. The predicted octanol–water partition coefficient (Wildman–Crippen LogP) is 1.32. The van der Waals surface area contributed by atoms with Gasteiger partial charge in [0.2, 0.25) is 0 Å². The fourth-order valence-corrected chi connectivity index (χ4v) is 1.60. The minimum Gasteiger partial charge on any atom is -0.301 e. The molecule has 3 nitrogen and oxygen atoms in total. The van der Waals surface area contributed by atoms with E-state index in [2.05, 4.69) is 6.07 Å². The van der Waals surface area contributed by atoms with Crippen LogP contribution in [0.1, 0.15) is 25.7 Å². The minimum atomic E-state index is 0.390. The lowest BCUT2D eigenvalue weighted by Gasteiger charge is -2.22. The average Bonchev–Trinajstić information content (AvgIpc) is 2.52. The molecule has 0 atom stereocenters. The summed E-state index contributed by atoms with van der Waals surface area (Å²) in [6.07, 6.45) is 4.90. The van der Waals surface area contributed by atoms with Gasteiger partial charge in [-0.3, -0.25) is 0 Å². The van der Waals surface area contributed by atoms with Gasteiger partial charge in [-0.2, -0.15) is 10.3 Å². The monoisotopic (exact) mass is 154 g/mol. The van der Waals surface area contributed by atoms with Gasteiger partial charge < -0.3 is 4.84 Å². The molecule has 62 valence electrons. The second-order valence-corrected chi connectivity index (χ2v) is 2.85. The summed E-state index contributed by atoms with van der Waals surface area (Å²) in [6, 6.07) is 2.58. The van der Waals surface area contributed by atoms with Gasteiger partial charge >= 0.3 is 0 Å². The van der Waals surface area contributed by atoms with Gasteiger partial charge in [-0.25, -0.2) is 0 Å². The van der Waals surface area contributed by atoms with Gasteiger partial charge in [0.25, 0.3) is 0 Å². The smallest absolute Gasteiger partial charge is 0.111 e. The van der Waals surface area contributed by atoms with Crippen LogP contribution in [0.25, 0.3) is 0 Å². The van der Waals surface area contributed by atoms with Gasteiger partial charge in [0.15, 0.2) is 0 Å². The molecule has 11 heavy (non-hydrogen) atoms. The highest BCUT2D eigenvalue weighted by molar-refractivity contribution is 4.80. The lowest BCUT2D eigenvalue weighted by Crippen LogP contribution is -2.32. The summed E-state index contributed by atoms with van der Waals surface area (Å²) in [5.74, 6) is 0. The fourth-order valence-electron chi connectivity index (χ4n) is 1.60. The van der Waals surface area contributed by atoms with Crippen LogP contribution < -0.4 is 0 Å². The maximum atomic E-state index is 8.46. The number of nitrogens with zero attached hydrogens (tertiary/aromatic N) is 2. The summed E-state index contributed by atoms with van der Waals surface area (Å²) in [5.41, 5.74) is 0. The summed E-state index contributed by atoms with van der Waals surface area (Å²) in [7, 11) is 1.63. The minimum absolute atomic E-state index is 0.390. The van der Waals surface area contributed by atoms with Crippen LogP contribution in [0.4, 0.5) is 0 Å². The molecule has 0 aromatic rings. The number of hydrogen-bond acceptors (Lipinski definition) is 3. The maximum Gasteiger partial charge on any atom is 0.111 e. The largest absolute Gasteiger partial charge is 0.301 e. The number of nitriles is 1. The van der Waals surface area contributed by atoms with Crippen LogP contribution in [0.15, 0.2) is 0 Å². The van der Waals surface area contributed by atoms with Crippen LogP contribution in [0.3, 0.4) is 0 Å². The molecule has 0 heterocycles. The zero-order valence-corrected chi connectivity index (χ0v) is 6.92. The predicted molar refractivity (Wildman–Crippen MR) is 41.6 cm³/mol. The van der Waals surface area contributed by atoms with E-state index in [0.29, 0.717) is 12.6 Å². The van der Waals surface area contributed by atoms with Crippen molar-refractivity contribution < 1.29 is 4.84 Å². The van der Waals surface area contributed by atoms with Gasteiger partial charge in [-0.15, -0.1) is 0 Å². The van der Waals surface area contributed by atoms with Crippen molar-refractivity contribution in [2.24, 2.45) is 0 Å². The van der Waals surface area contributed by atoms with Crippen LogP contribution >= 0.6 is 0 Å². The first kappa shape index (κ1) is 8.51. The Balaban J connectivity index is 2.34. The highest BCUT2D eigenvalue weighted by Crippen LogP contribution is 2.22. The molecule has 1 aliphatic carbocycles. The third-order valence-electron chi connectivity index (χ3n) is 2.19. The van der Waals surface area contributed by atoms with E-state index in [-0.39, 0.29) is 0 Å². The Morgan fingerprint density at radius 2 is 2.18 bits per heavy atom. The molecule has 0 aliphatic heterocycles. The van der Waals surface area contributed by atoms with Crippen molar-refractivity contribution in [2.75, 3.05) is 13.7 Å². The van der Waals surface area contributed by atoms with Crippen molar-refractivity contribution in [3.63, 3.8) is 0 Å². The standard InChI is InChI=1S/C8H14N2O/c1-11-10(7-6-9)8-4-2-3-5-8/h8H,2-5,7H2,1H3. The van der Waals surface area contributed by atoms with E-state index in [9.17, 15) is 0 Å². The van der Waals surface area contributed by atoms with Gasteiger partial charge in [-0.05, 0) is 12.8 Å². The van der Waals surface area contributed by atoms with E-state index in [1.807, 2.05) is 0 Å². The van der Waals surface area contributed by atoms with E-state index in [0.717, 1.165) is 0 Å². The number of hydroxylamine groups is 2. The van der Waals surface area contributed by atoms with Gasteiger partial charge in [0.05, 0.1) is 13.2 Å². The second kappa shape index (κ2) is 4.32. The van der Waals surface area contributed by atoms with E-state index >= 15 is 0 Å². The van der Waals surface area contributed by atoms with Crippen LogP contribution in [0.5, 0.6) is 0 Å². The highest BCUT2D eigenvalue weighted by Gasteiger charge is 2.21. The molecule has 0 amide bonds. The lowest BCUT2D eigenvalue weighted by molar-refractivity contribution is -0.150. The third kappa shape index (κ3) is 2.18. The first-order chi connectivity index (χ1) is 5.38. The first-order valence-corrected chi connectivity index (χ1v) is 4.06. The molecule has 0 saturated heterocycles. The van der Waals surface area contributed by atoms with Gasteiger partial charge in [0, 0.05) is 6.04 Å². The van der Waals surface area contributed by atoms with Crippen LogP contribution in [0, 0.1) is 11.3 Å². The zero-order valence-electron chi connectivity index (χ0n) is 6.92. The molecule has 1 saturated carbocycles. The van der Waals surface area contributed by atoms with Crippen molar-refractivity contribution in [1.29, 1.82) is 5.26 Å². The number of hydrogen-bond donors (Lipinski definition) is 0. The molecule has 0 N–H and O–H groups in total. The molecule has 1 rings (SSSR count). The molecule has 0 aromatic carbocycles. The Kier molecular flexibility index (Phi) is 3.34. The van der Waals surface area contributed by atoms with Crippen LogP contribution in [0.2, 0.25) is 0 Å². The second-order valence-electron chi connectivity index (χ2n) is 2.85. The van der Waals surface area contributed by atoms with Crippen molar-refractivity contribution in [1.82, 2.24) is 5.06 Å². The summed E-state index contributed by atoms with van der Waals surface area (Å²) >= 11 is 0. The van der Waals surface area contributed by atoms with E-state index in [1.54, 1.807) is 12.2 Å². The summed E-state index contributed by atoms with van der Waals surface area (Å²) in [5, 5.41) is 10.2. The summed E-state index contributed by atoms with van der Waals surface area (Å²) < 4.78 is 0. The van der Waals surface area contributed by atoms with Crippen LogP contribution in [-0.4, -0.2) is 24.8 Å². The van der Waals surface area contributed by atoms with Gasteiger partial charge in [-0.1, -0.05) is 12.8 Å². The molecule has 0 spiro atoms. The maximum absolute atomic E-state index is 8.46. The lowest BCUT2D eigenvalue weighted by atomic mass is 10.2. The Labute approximate surface area is 67.5 Å². The molecule has 0 aromatic heterocycles. The number of rotatable bonds is 3. The third-order valence-corrected chi connectivity index (χ3v) is 2.19. The van der Waals surface area contributed by atoms with Crippen molar-refractivity contribution in [3.8, 4) is 6.07 Å². The topological polar surface area (TPSA) is 36.3 Å². The van der Waals surface area contributed by atoms with E-state index in [1.165, 1.54) is 25.7 Å². The highest BCUT2D eigenvalue weighted by atomic mass is 16.7. The first-order valence-electron chi connectivity index (χ1n) is 4.06. The van der Waals surface area contributed by atoms with Gasteiger partial charge in [0.1, 0.15) is 6.54 Å². The van der Waals surface area contributed by atoms with Crippen molar-refractivity contribution >= 4 is 0 Å². The molecule has 1 aliphatic rings. The Bertz CT molecular complexity index is 147. The Morgan fingerprint density at radius 3 is 2.64 bits per heavy atom. The average molecular weight is 154 g/mol. The summed E-state index contributed by atoms with van der Waals surface area (Å²) in [6.45, 7) is 0.390. The summed E-state index contributed by atoms with van der Waals surface area (Å²) in [4.78, 5) is 5.09. The molecular formula is C8H14N2O. The van der Waals surface area contributed by atoms with E-state index < -0.39 is 0 Å². The molecule has 0 bridgehead atoms. The Hall–Kier alpha value is -0.590. The normalized spacial score (nSPS) is 19.0. The van der Waals surface area contributed by atoms with Crippen molar-refractivity contribution in [3.05, 3.63) is 0 Å². The zero-order chi connectivity index (χ0) is 8.10. The van der Waals surface area contributed by atoms with E-state index in [4.69, 9.17) is 10.1 Å². The van der Waals surface area contributed by atoms with Crippen LogP contribution in [-0.2, 0) is 4.84 Å².